The summed E-state index contributed by atoms with van der Waals surface area (Å²) in [6.45, 7) is 4.82. The Morgan fingerprint density at radius 2 is 1.91 bits per heavy atom. The highest BCUT2D eigenvalue weighted by molar-refractivity contribution is 6.33. The van der Waals surface area contributed by atoms with Gasteiger partial charge in [0.25, 0.3) is 5.91 Å². The highest BCUT2D eigenvalue weighted by Gasteiger charge is 2.24. The third-order valence-electron chi connectivity index (χ3n) is 5.52. The third-order valence-corrected chi connectivity index (χ3v) is 5.85. The van der Waals surface area contributed by atoms with Crippen LogP contribution in [0.5, 0.6) is 0 Å². The van der Waals surface area contributed by atoms with Gasteiger partial charge < -0.3 is 20.1 Å². The summed E-state index contributed by atoms with van der Waals surface area (Å²) in [5.74, 6) is 0.0777. The van der Waals surface area contributed by atoms with E-state index in [2.05, 4.69) is 15.8 Å². The Labute approximate surface area is 191 Å². The zero-order chi connectivity index (χ0) is 22.5. The molecule has 2 N–H and O–H groups in total. The fourth-order valence-corrected chi connectivity index (χ4v) is 4.05. The van der Waals surface area contributed by atoms with Crippen molar-refractivity contribution in [3.8, 4) is 11.3 Å². The zero-order valence-corrected chi connectivity index (χ0v) is 18.6. The first-order chi connectivity index (χ1) is 15.5. The first-order valence-corrected chi connectivity index (χ1v) is 11.0. The predicted molar refractivity (Wildman–Crippen MR) is 124 cm³/mol. The minimum absolute atomic E-state index is 0.0494. The lowest BCUT2D eigenvalue weighted by Crippen LogP contribution is -2.35. The van der Waals surface area contributed by atoms with Crippen molar-refractivity contribution < 1.29 is 14.1 Å². The number of hydrogen-bond donors (Lipinski definition) is 2. The molecular formula is C24H25ClN4O3. The van der Waals surface area contributed by atoms with Crippen molar-refractivity contribution in [2.45, 2.75) is 19.8 Å². The van der Waals surface area contributed by atoms with E-state index in [1.54, 1.807) is 25.1 Å². The molecule has 2 amide bonds. The van der Waals surface area contributed by atoms with Gasteiger partial charge in [0.2, 0.25) is 5.91 Å². The van der Waals surface area contributed by atoms with Gasteiger partial charge >= 0.3 is 0 Å². The zero-order valence-electron chi connectivity index (χ0n) is 17.9. The van der Waals surface area contributed by atoms with Crippen molar-refractivity contribution in [3.63, 3.8) is 0 Å². The van der Waals surface area contributed by atoms with Gasteiger partial charge in [-0.1, -0.05) is 53.2 Å². The molecule has 0 aliphatic carbocycles. The Balaban J connectivity index is 1.56. The van der Waals surface area contributed by atoms with Gasteiger partial charge in [-0.3, -0.25) is 9.59 Å². The van der Waals surface area contributed by atoms with Gasteiger partial charge in [0.1, 0.15) is 17.0 Å². The van der Waals surface area contributed by atoms with Crippen molar-refractivity contribution in [3.05, 3.63) is 70.4 Å². The second-order valence-electron chi connectivity index (χ2n) is 7.71. The molecule has 0 spiro atoms. The molecule has 166 valence electrons. The lowest BCUT2D eigenvalue weighted by Gasteiger charge is -2.21. The Morgan fingerprint density at radius 3 is 2.75 bits per heavy atom. The molecule has 0 atom stereocenters. The number of hydrogen-bond acceptors (Lipinski definition) is 5. The average molecular weight is 453 g/mol. The molecular weight excluding hydrogens is 428 g/mol. The number of aromatic nitrogens is 1. The monoisotopic (exact) mass is 452 g/mol. The molecule has 1 fully saturated rings. The molecule has 1 aromatic heterocycles. The summed E-state index contributed by atoms with van der Waals surface area (Å²) in [4.78, 5) is 28.0. The van der Waals surface area contributed by atoms with Crippen LogP contribution < -0.4 is 10.6 Å². The Bertz CT molecular complexity index is 1120. The van der Waals surface area contributed by atoms with E-state index in [0.717, 1.165) is 31.6 Å². The first-order valence-electron chi connectivity index (χ1n) is 10.6. The average Bonchev–Trinajstić information content (AvgIpc) is 2.98. The number of nitrogens with zero attached hydrogens (tertiary/aromatic N) is 2. The summed E-state index contributed by atoms with van der Waals surface area (Å²) in [7, 11) is 0. The quantitative estimate of drug-likeness (QED) is 0.612. The number of aryl methyl sites for hydroxylation is 1. The molecule has 8 heteroatoms. The molecule has 2 aromatic carbocycles. The van der Waals surface area contributed by atoms with Crippen LogP contribution in [0.4, 0.5) is 5.69 Å². The van der Waals surface area contributed by atoms with Crippen LogP contribution in [0.2, 0.25) is 5.02 Å². The number of para-hydroxylation sites is 1. The minimum Gasteiger partial charge on any atom is -0.360 e. The maximum absolute atomic E-state index is 13.2. The summed E-state index contributed by atoms with van der Waals surface area (Å²) >= 11 is 6.31. The van der Waals surface area contributed by atoms with Crippen LogP contribution in [0.25, 0.3) is 11.3 Å². The van der Waals surface area contributed by atoms with Crippen molar-refractivity contribution >= 4 is 29.1 Å². The largest absolute Gasteiger partial charge is 0.360 e. The number of carbonyl (C=O) groups is 2. The Morgan fingerprint density at radius 1 is 1.12 bits per heavy atom. The second kappa shape index (κ2) is 9.97. The van der Waals surface area contributed by atoms with Gasteiger partial charge in [-0.05, 0) is 37.6 Å². The molecule has 0 saturated carbocycles. The molecule has 32 heavy (non-hydrogen) atoms. The minimum atomic E-state index is -0.363. The Hall–Kier alpha value is -3.16. The van der Waals surface area contributed by atoms with E-state index in [1.807, 2.05) is 35.2 Å². The van der Waals surface area contributed by atoms with Crippen LogP contribution >= 0.6 is 11.6 Å². The maximum atomic E-state index is 13.2. The molecule has 2 heterocycles. The van der Waals surface area contributed by atoms with E-state index in [4.69, 9.17) is 16.1 Å². The maximum Gasteiger partial charge on any atom is 0.261 e. The smallest absolute Gasteiger partial charge is 0.261 e. The molecule has 7 nitrogen and oxygen atoms in total. The highest BCUT2D eigenvalue weighted by Crippen LogP contribution is 2.31. The van der Waals surface area contributed by atoms with E-state index < -0.39 is 0 Å². The molecule has 1 saturated heterocycles. The third kappa shape index (κ3) is 4.84. The summed E-state index contributed by atoms with van der Waals surface area (Å²) < 4.78 is 5.31. The molecule has 0 unspecified atom stereocenters. The Kier molecular flexibility index (Phi) is 6.87. The van der Waals surface area contributed by atoms with E-state index >= 15 is 0 Å². The lowest BCUT2D eigenvalue weighted by atomic mass is 10.0. The molecule has 3 aromatic rings. The van der Waals surface area contributed by atoms with Gasteiger partial charge in [-0.15, -0.1) is 0 Å². The number of rotatable bonds is 5. The van der Waals surface area contributed by atoms with Gasteiger partial charge in [0.05, 0.1) is 11.4 Å². The number of amides is 2. The van der Waals surface area contributed by atoms with E-state index in [-0.39, 0.29) is 18.2 Å². The van der Waals surface area contributed by atoms with Crippen molar-refractivity contribution in [1.29, 1.82) is 0 Å². The van der Waals surface area contributed by atoms with Gasteiger partial charge in [0.15, 0.2) is 0 Å². The number of halogens is 1. The number of carbonyl (C=O) groups excluding carboxylic acids is 2. The van der Waals surface area contributed by atoms with E-state index in [0.29, 0.717) is 39.8 Å². The van der Waals surface area contributed by atoms with Gasteiger partial charge in [0, 0.05) is 30.9 Å². The SMILES string of the molecule is Cc1onc(-c2ccccc2Cl)c1C(=O)Nc1ccccc1CC(=O)N1CCCNCC1. The molecule has 4 rings (SSSR count). The van der Waals surface area contributed by atoms with Crippen LogP contribution in [-0.4, -0.2) is 48.0 Å². The molecule has 0 radical (unpaired) electrons. The summed E-state index contributed by atoms with van der Waals surface area (Å²) in [6, 6.07) is 14.5. The summed E-state index contributed by atoms with van der Waals surface area (Å²) in [5, 5.41) is 10.8. The van der Waals surface area contributed by atoms with Crippen molar-refractivity contribution in [2.75, 3.05) is 31.5 Å². The van der Waals surface area contributed by atoms with Crippen LogP contribution in [0, 0.1) is 6.92 Å². The van der Waals surface area contributed by atoms with E-state index in [9.17, 15) is 9.59 Å². The number of nitrogens with one attached hydrogen (secondary N) is 2. The first kappa shape index (κ1) is 22.0. The van der Waals surface area contributed by atoms with Crippen molar-refractivity contribution in [1.82, 2.24) is 15.4 Å². The van der Waals surface area contributed by atoms with Crippen LogP contribution in [0.3, 0.4) is 0 Å². The van der Waals surface area contributed by atoms with Crippen molar-refractivity contribution in [2.24, 2.45) is 0 Å². The molecule has 0 bridgehead atoms. The summed E-state index contributed by atoms with van der Waals surface area (Å²) in [6.07, 6.45) is 1.15. The van der Waals surface area contributed by atoms with Gasteiger partial charge in [-0.25, -0.2) is 0 Å². The number of anilines is 1. The summed E-state index contributed by atoms with van der Waals surface area (Å²) in [5.41, 5.74) is 2.67. The second-order valence-corrected chi connectivity index (χ2v) is 8.12. The topological polar surface area (TPSA) is 87.5 Å². The number of benzene rings is 2. The highest BCUT2D eigenvalue weighted by atomic mass is 35.5. The fourth-order valence-electron chi connectivity index (χ4n) is 3.83. The van der Waals surface area contributed by atoms with Crippen LogP contribution in [0.15, 0.2) is 53.1 Å². The predicted octanol–water partition coefficient (Wildman–Crippen LogP) is 3.92. The normalized spacial score (nSPS) is 14.1. The lowest BCUT2D eigenvalue weighted by molar-refractivity contribution is -0.130. The molecule has 1 aliphatic rings. The van der Waals surface area contributed by atoms with Crippen LogP contribution in [-0.2, 0) is 11.2 Å². The molecule has 1 aliphatic heterocycles. The van der Waals surface area contributed by atoms with Crippen LogP contribution in [0.1, 0.15) is 28.1 Å². The standard InChI is InChI=1S/C24H25ClN4O3/c1-16-22(23(28-32-16)18-8-3-4-9-19(18)25)24(31)27-20-10-5-2-7-17(20)15-21(30)29-13-6-11-26-12-14-29/h2-5,7-10,26H,6,11-15H2,1H3,(H,27,31). The van der Waals surface area contributed by atoms with Gasteiger partial charge in [-0.2, -0.15) is 0 Å². The fraction of sp³-hybridized carbons (Fsp3) is 0.292. The van der Waals surface area contributed by atoms with E-state index in [1.165, 1.54) is 0 Å².